The fourth-order valence-electron chi connectivity index (χ4n) is 1.39. The number of nitrogens with two attached hydrogens (primary N) is 1. The highest BCUT2D eigenvalue weighted by molar-refractivity contribution is 9.10. The maximum absolute atomic E-state index is 10.4. The molecular formula is C11H14BrNO2. The van der Waals surface area contributed by atoms with Gasteiger partial charge in [0.25, 0.3) is 0 Å². The van der Waals surface area contributed by atoms with E-state index >= 15 is 0 Å². The Morgan fingerprint density at radius 1 is 1.60 bits per heavy atom. The third kappa shape index (κ3) is 3.32. The number of hydrogen-bond acceptors (Lipinski definition) is 2. The van der Waals surface area contributed by atoms with Crippen molar-refractivity contribution in [2.75, 3.05) is 0 Å². The van der Waals surface area contributed by atoms with E-state index in [-0.39, 0.29) is 12.5 Å². The quantitative estimate of drug-likeness (QED) is 0.885. The van der Waals surface area contributed by atoms with Gasteiger partial charge in [0.1, 0.15) is 0 Å². The lowest BCUT2D eigenvalue weighted by atomic mass is 10.0. The largest absolute Gasteiger partial charge is 0.481 e. The molecule has 0 radical (unpaired) electrons. The Hall–Kier alpha value is -0.870. The molecule has 3 nitrogen and oxygen atoms in total. The average molecular weight is 272 g/mol. The summed E-state index contributed by atoms with van der Waals surface area (Å²) in [5, 5.41) is 8.57. The number of carboxylic acids is 1. The molecular weight excluding hydrogens is 258 g/mol. The van der Waals surface area contributed by atoms with E-state index in [0.717, 1.165) is 15.6 Å². The molecule has 0 aromatic heterocycles. The van der Waals surface area contributed by atoms with Crippen LogP contribution in [0.15, 0.2) is 22.7 Å². The molecule has 0 amide bonds. The van der Waals surface area contributed by atoms with Crippen LogP contribution in [0.1, 0.15) is 30.0 Å². The van der Waals surface area contributed by atoms with E-state index in [1.807, 2.05) is 25.1 Å². The zero-order chi connectivity index (χ0) is 11.4. The first kappa shape index (κ1) is 12.2. The van der Waals surface area contributed by atoms with Gasteiger partial charge in [0.2, 0.25) is 0 Å². The lowest BCUT2D eigenvalue weighted by Crippen LogP contribution is -2.13. The minimum atomic E-state index is -0.811. The van der Waals surface area contributed by atoms with Crippen molar-refractivity contribution in [1.29, 1.82) is 0 Å². The van der Waals surface area contributed by atoms with Gasteiger partial charge in [0, 0.05) is 16.9 Å². The SMILES string of the molecule is Cc1cccc(C(N)CCC(=O)O)c1Br. The Labute approximate surface area is 97.4 Å². The van der Waals surface area contributed by atoms with Crippen molar-refractivity contribution in [2.45, 2.75) is 25.8 Å². The second-order valence-corrected chi connectivity index (χ2v) is 4.31. The minimum absolute atomic E-state index is 0.0988. The third-order valence-electron chi connectivity index (χ3n) is 2.29. The second kappa shape index (κ2) is 5.28. The molecule has 4 heteroatoms. The number of carbonyl (C=O) groups is 1. The van der Waals surface area contributed by atoms with E-state index in [1.165, 1.54) is 0 Å². The highest BCUT2D eigenvalue weighted by Gasteiger charge is 2.12. The molecule has 0 spiro atoms. The van der Waals surface area contributed by atoms with Crippen molar-refractivity contribution in [3.05, 3.63) is 33.8 Å². The standard InChI is InChI=1S/C11H14BrNO2/c1-7-3-2-4-8(11(7)12)9(13)5-6-10(14)15/h2-4,9H,5-6,13H2,1H3,(H,14,15). The van der Waals surface area contributed by atoms with Crippen LogP contribution in [-0.4, -0.2) is 11.1 Å². The molecule has 1 atom stereocenters. The number of aliphatic carboxylic acids is 1. The predicted octanol–water partition coefficient (Wildman–Crippen LogP) is 2.62. The predicted molar refractivity (Wildman–Crippen MR) is 62.7 cm³/mol. The summed E-state index contributed by atoms with van der Waals surface area (Å²) in [5.74, 6) is -0.811. The fraction of sp³-hybridized carbons (Fsp3) is 0.364. The molecule has 1 aromatic carbocycles. The summed E-state index contributed by atoms with van der Waals surface area (Å²) in [6.07, 6.45) is 0.554. The molecule has 1 aromatic rings. The Morgan fingerprint density at radius 3 is 2.87 bits per heavy atom. The van der Waals surface area contributed by atoms with Crippen LogP contribution < -0.4 is 5.73 Å². The van der Waals surface area contributed by atoms with Crippen LogP contribution >= 0.6 is 15.9 Å². The number of carboxylic acid groups (broad SMARTS) is 1. The lowest BCUT2D eigenvalue weighted by Gasteiger charge is -2.14. The molecule has 3 N–H and O–H groups in total. The van der Waals surface area contributed by atoms with Gasteiger partial charge in [-0.2, -0.15) is 0 Å². The minimum Gasteiger partial charge on any atom is -0.481 e. The average Bonchev–Trinajstić information content (AvgIpc) is 2.18. The molecule has 0 saturated heterocycles. The molecule has 0 bridgehead atoms. The number of halogens is 1. The first-order valence-corrected chi connectivity index (χ1v) is 5.54. The molecule has 0 aliphatic carbocycles. The van der Waals surface area contributed by atoms with Crippen LogP contribution in [0.25, 0.3) is 0 Å². The normalized spacial score (nSPS) is 12.5. The monoisotopic (exact) mass is 271 g/mol. The Balaban J connectivity index is 2.77. The molecule has 1 rings (SSSR count). The molecule has 0 fully saturated rings. The highest BCUT2D eigenvalue weighted by Crippen LogP contribution is 2.27. The molecule has 0 aliphatic rings. The van der Waals surface area contributed by atoms with Crippen molar-refractivity contribution >= 4 is 21.9 Å². The van der Waals surface area contributed by atoms with Crippen molar-refractivity contribution in [1.82, 2.24) is 0 Å². The Kier molecular flexibility index (Phi) is 4.29. The first-order chi connectivity index (χ1) is 7.02. The molecule has 1 unspecified atom stereocenters. The van der Waals surface area contributed by atoms with E-state index < -0.39 is 5.97 Å². The molecule has 82 valence electrons. The summed E-state index contributed by atoms with van der Waals surface area (Å²) >= 11 is 3.46. The van der Waals surface area contributed by atoms with Crippen molar-refractivity contribution < 1.29 is 9.90 Å². The van der Waals surface area contributed by atoms with Gasteiger partial charge in [-0.25, -0.2) is 0 Å². The Bertz CT molecular complexity index is 366. The molecule has 0 saturated carbocycles. The van der Waals surface area contributed by atoms with Crippen LogP contribution in [-0.2, 0) is 4.79 Å². The summed E-state index contributed by atoms with van der Waals surface area (Å²) in [4.78, 5) is 10.4. The molecule has 0 aliphatic heterocycles. The third-order valence-corrected chi connectivity index (χ3v) is 3.37. The summed E-state index contributed by atoms with van der Waals surface area (Å²) in [5.41, 5.74) is 8.00. The maximum atomic E-state index is 10.4. The number of aryl methyl sites for hydroxylation is 1. The van der Waals surface area contributed by atoms with Crippen LogP contribution in [0.4, 0.5) is 0 Å². The van der Waals surface area contributed by atoms with Gasteiger partial charge in [-0.3, -0.25) is 4.79 Å². The van der Waals surface area contributed by atoms with E-state index in [0.29, 0.717) is 6.42 Å². The van der Waals surface area contributed by atoms with E-state index in [9.17, 15) is 4.79 Å². The second-order valence-electron chi connectivity index (χ2n) is 3.52. The summed E-state index contributed by atoms with van der Waals surface area (Å²) in [6, 6.07) is 5.60. The topological polar surface area (TPSA) is 63.3 Å². The maximum Gasteiger partial charge on any atom is 0.303 e. The summed E-state index contributed by atoms with van der Waals surface area (Å²) in [7, 11) is 0. The number of hydrogen-bond donors (Lipinski definition) is 2. The highest BCUT2D eigenvalue weighted by atomic mass is 79.9. The fourth-order valence-corrected chi connectivity index (χ4v) is 1.95. The van der Waals surface area contributed by atoms with Gasteiger partial charge >= 0.3 is 5.97 Å². The van der Waals surface area contributed by atoms with E-state index in [2.05, 4.69) is 15.9 Å². The van der Waals surface area contributed by atoms with Crippen LogP contribution in [0.2, 0.25) is 0 Å². The van der Waals surface area contributed by atoms with Gasteiger partial charge in [-0.05, 0) is 24.5 Å². The van der Waals surface area contributed by atoms with E-state index in [1.54, 1.807) is 0 Å². The van der Waals surface area contributed by atoms with Gasteiger partial charge in [-0.15, -0.1) is 0 Å². The zero-order valence-corrected chi connectivity index (χ0v) is 10.1. The Morgan fingerprint density at radius 2 is 2.27 bits per heavy atom. The van der Waals surface area contributed by atoms with Gasteiger partial charge in [0.15, 0.2) is 0 Å². The van der Waals surface area contributed by atoms with Crippen LogP contribution in [0.3, 0.4) is 0 Å². The number of benzene rings is 1. The summed E-state index contributed by atoms with van der Waals surface area (Å²) in [6.45, 7) is 1.98. The van der Waals surface area contributed by atoms with E-state index in [4.69, 9.17) is 10.8 Å². The zero-order valence-electron chi connectivity index (χ0n) is 8.53. The van der Waals surface area contributed by atoms with Crippen molar-refractivity contribution in [2.24, 2.45) is 5.73 Å². The van der Waals surface area contributed by atoms with Gasteiger partial charge in [-0.1, -0.05) is 34.1 Å². The van der Waals surface area contributed by atoms with Crippen LogP contribution in [0.5, 0.6) is 0 Å². The van der Waals surface area contributed by atoms with Crippen LogP contribution in [0, 0.1) is 6.92 Å². The van der Waals surface area contributed by atoms with Crippen molar-refractivity contribution in [3.63, 3.8) is 0 Å². The summed E-state index contributed by atoms with van der Waals surface area (Å²) < 4.78 is 0.975. The smallest absolute Gasteiger partial charge is 0.303 e. The molecule has 0 heterocycles. The van der Waals surface area contributed by atoms with Crippen molar-refractivity contribution in [3.8, 4) is 0 Å². The molecule has 15 heavy (non-hydrogen) atoms. The van der Waals surface area contributed by atoms with Gasteiger partial charge < -0.3 is 10.8 Å². The first-order valence-electron chi connectivity index (χ1n) is 4.74. The van der Waals surface area contributed by atoms with Gasteiger partial charge in [0.05, 0.1) is 0 Å². The number of rotatable bonds is 4. The lowest BCUT2D eigenvalue weighted by molar-refractivity contribution is -0.137.